The van der Waals surface area contributed by atoms with Crippen LogP contribution < -0.4 is 10.6 Å². The lowest BCUT2D eigenvalue weighted by molar-refractivity contribution is -0.115. The number of carbonyl (C=O) groups excluding carboxylic acids is 1. The fraction of sp³-hybridized carbons (Fsp3) is 0.381. The largest absolute Gasteiger partial charge is 0.321 e. The number of aliphatic imine (C=N–C) groups is 1. The van der Waals surface area contributed by atoms with Crippen molar-refractivity contribution < 1.29 is 4.79 Å². The van der Waals surface area contributed by atoms with Gasteiger partial charge in [0.15, 0.2) is 0 Å². The van der Waals surface area contributed by atoms with E-state index in [4.69, 9.17) is 0 Å². The molecule has 27 heavy (non-hydrogen) atoms. The molecule has 1 amide bonds. The van der Waals surface area contributed by atoms with E-state index in [0.29, 0.717) is 17.6 Å². The number of thiazole rings is 1. The molecule has 6 heteroatoms. The first-order chi connectivity index (χ1) is 13.1. The zero-order chi connectivity index (χ0) is 18.8. The van der Waals surface area contributed by atoms with Gasteiger partial charge in [-0.3, -0.25) is 10.1 Å². The Kier molecular flexibility index (Phi) is 5.07. The minimum atomic E-state index is -0.153. The molecule has 0 radical (unpaired) electrons. The lowest BCUT2D eigenvalue weighted by atomic mass is 9.78. The Balaban J connectivity index is 1.49. The average Bonchev–Trinajstić information content (AvgIpc) is 3.26. The molecule has 1 saturated carbocycles. The van der Waals surface area contributed by atoms with E-state index in [0.717, 1.165) is 34.5 Å². The fourth-order valence-electron chi connectivity index (χ4n) is 3.89. The lowest BCUT2D eigenvalue weighted by Crippen LogP contribution is -2.24. The van der Waals surface area contributed by atoms with Gasteiger partial charge in [-0.15, -0.1) is 11.3 Å². The molecule has 0 bridgehead atoms. The van der Waals surface area contributed by atoms with Crippen molar-refractivity contribution in [2.24, 2.45) is 16.8 Å². The van der Waals surface area contributed by atoms with Crippen molar-refractivity contribution in [1.29, 1.82) is 0 Å². The number of allylic oxidation sites excluding steroid dienone is 1. The maximum atomic E-state index is 12.3. The second-order valence-electron chi connectivity index (χ2n) is 7.51. The summed E-state index contributed by atoms with van der Waals surface area (Å²) >= 11 is 1.59. The van der Waals surface area contributed by atoms with Crippen LogP contribution in [0.1, 0.15) is 45.1 Å². The van der Waals surface area contributed by atoms with Gasteiger partial charge in [-0.1, -0.05) is 31.9 Å². The lowest BCUT2D eigenvalue weighted by Gasteiger charge is -2.27. The highest BCUT2D eigenvalue weighted by molar-refractivity contribution is 7.16. The van der Waals surface area contributed by atoms with E-state index < -0.39 is 0 Å². The van der Waals surface area contributed by atoms with Crippen molar-refractivity contribution in [2.45, 2.75) is 39.5 Å². The van der Waals surface area contributed by atoms with Crippen LogP contribution in [-0.2, 0) is 4.79 Å². The molecule has 1 saturated heterocycles. The summed E-state index contributed by atoms with van der Waals surface area (Å²) in [6.07, 6.45) is 8.51. The molecule has 0 spiro atoms. The van der Waals surface area contributed by atoms with Gasteiger partial charge in [0.1, 0.15) is 5.70 Å². The second-order valence-corrected chi connectivity index (χ2v) is 8.39. The van der Waals surface area contributed by atoms with Gasteiger partial charge in [-0.25, -0.2) is 9.98 Å². The summed E-state index contributed by atoms with van der Waals surface area (Å²) in [6, 6.07) is 5.98. The van der Waals surface area contributed by atoms with Gasteiger partial charge in [0.2, 0.25) is 5.96 Å². The Hall–Kier alpha value is -2.47. The molecule has 4 rings (SSSR count). The number of carbonyl (C=O) groups is 1. The van der Waals surface area contributed by atoms with E-state index in [9.17, 15) is 4.79 Å². The summed E-state index contributed by atoms with van der Waals surface area (Å²) in [6.45, 7) is 4.56. The molecule has 1 aliphatic carbocycles. The molecular weight excluding hydrogens is 356 g/mol. The molecule has 140 valence electrons. The molecule has 2 fully saturated rings. The van der Waals surface area contributed by atoms with Crippen LogP contribution in [0.3, 0.4) is 0 Å². The van der Waals surface area contributed by atoms with Crippen LogP contribution in [-0.4, -0.2) is 16.9 Å². The molecule has 2 atom stereocenters. The number of rotatable bonds is 3. The van der Waals surface area contributed by atoms with Crippen molar-refractivity contribution in [3.05, 3.63) is 46.7 Å². The first-order valence-corrected chi connectivity index (χ1v) is 10.4. The Labute approximate surface area is 163 Å². The van der Waals surface area contributed by atoms with E-state index in [1.54, 1.807) is 11.3 Å². The van der Waals surface area contributed by atoms with Crippen molar-refractivity contribution in [2.75, 3.05) is 0 Å². The minimum absolute atomic E-state index is 0.153. The van der Waals surface area contributed by atoms with Gasteiger partial charge in [0.05, 0.1) is 15.7 Å². The standard InChI is InChI=1S/C21H24N4OS/c1-3-14-6-13(2)7-16(8-14)11-22-21-24-18(20(26)25-21)9-15-4-5-17-19(10-15)27-12-23-17/h4-5,9-14H,3,6-8H2,1-2H3,(H2,22,24,25,26)/b16-11+,18-9-. The number of amides is 1. The van der Waals surface area contributed by atoms with E-state index in [2.05, 4.69) is 34.5 Å². The van der Waals surface area contributed by atoms with E-state index in [1.807, 2.05) is 36.0 Å². The molecule has 2 heterocycles. The fourth-order valence-corrected chi connectivity index (χ4v) is 4.62. The van der Waals surface area contributed by atoms with Gasteiger partial charge < -0.3 is 5.32 Å². The minimum Gasteiger partial charge on any atom is -0.321 e. The van der Waals surface area contributed by atoms with Crippen LogP contribution in [0.15, 0.2) is 46.2 Å². The highest BCUT2D eigenvalue weighted by Gasteiger charge is 2.23. The third-order valence-electron chi connectivity index (χ3n) is 5.25. The normalized spacial score (nSPS) is 27.5. The number of nitrogens with one attached hydrogen (secondary N) is 2. The Morgan fingerprint density at radius 1 is 1.33 bits per heavy atom. The monoisotopic (exact) mass is 380 g/mol. The average molecular weight is 381 g/mol. The third kappa shape index (κ3) is 4.11. The number of aromatic nitrogens is 1. The van der Waals surface area contributed by atoms with Crippen molar-refractivity contribution in [3.8, 4) is 0 Å². The number of hydrogen-bond acceptors (Lipinski definition) is 4. The topological polar surface area (TPSA) is 66.4 Å². The Bertz CT molecular complexity index is 956. The highest BCUT2D eigenvalue weighted by Crippen LogP contribution is 2.34. The highest BCUT2D eigenvalue weighted by atomic mass is 32.1. The number of fused-ring (bicyclic) bond motifs is 1. The molecular formula is C21H24N4OS. The summed E-state index contributed by atoms with van der Waals surface area (Å²) in [5, 5.41) is 5.91. The van der Waals surface area contributed by atoms with E-state index >= 15 is 0 Å². The third-order valence-corrected chi connectivity index (χ3v) is 6.04. The Morgan fingerprint density at radius 3 is 3.07 bits per heavy atom. The quantitative estimate of drug-likeness (QED) is 0.774. The number of nitrogens with zero attached hydrogens (tertiary/aromatic N) is 2. The zero-order valence-corrected chi connectivity index (χ0v) is 16.5. The van der Waals surface area contributed by atoms with Crippen LogP contribution >= 0.6 is 11.3 Å². The van der Waals surface area contributed by atoms with Gasteiger partial charge in [0, 0.05) is 6.20 Å². The summed E-state index contributed by atoms with van der Waals surface area (Å²) < 4.78 is 1.11. The van der Waals surface area contributed by atoms with Crippen LogP contribution in [0, 0.1) is 11.8 Å². The molecule has 5 nitrogen and oxygen atoms in total. The van der Waals surface area contributed by atoms with Crippen LogP contribution in [0.5, 0.6) is 0 Å². The van der Waals surface area contributed by atoms with Crippen LogP contribution in [0.2, 0.25) is 0 Å². The van der Waals surface area contributed by atoms with Gasteiger partial charge >= 0.3 is 0 Å². The maximum Gasteiger partial charge on any atom is 0.274 e. The molecule has 2 aromatic rings. The number of benzene rings is 1. The number of guanidine groups is 1. The van der Waals surface area contributed by atoms with Gasteiger partial charge in [0.25, 0.3) is 5.91 Å². The predicted octanol–water partition coefficient (Wildman–Crippen LogP) is 4.44. The van der Waals surface area contributed by atoms with E-state index in [-0.39, 0.29) is 5.91 Å². The van der Waals surface area contributed by atoms with Gasteiger partial charge in [-0.05, 0) is 54.9 Å². The maximum absolute atomic E-state index is 12.3. The van der Waals surface area contributed by atoms with Crippen molar-refractivity contribution in [1.82, 2.24) is 15.6 Å². The second kappa shape index (κ2) is 7.64. The van der Waals surface area contributed by atoms with E-state index in [1.165, 1.54) is 18.4 Å². The molecule has 2 N–H and O–H groups in total. The summed E-state index contributed by atoms with van der Waals surface area (Å²) in [4.78, 5) is 21.0. The summed E-state index contributed by atoms with van der Waals surface area (Å²) in [5.74, 6) is 1.81. The SMILES string of the molecule is CCC1C/C(=C/N=C2NC(=O)/C(=C/c3ccc4ncsc4c3)N2)CC(C)C1. The van der Waals surface area contributed by atoms with Crippen molar-refractivity contribution >= 4 is 39.5 Å². The predicted molar refractivity (Wildman–Crippen MR) is 111 cm³/mol. The summed E-state index contributed by atoms with van der Waals surface area (Å²) in [5.41, 5.74) is 5.66. The number of hydrogen-bond donors (Lipinski definition) is 2. The molecule has 2 aliphatic rings. The first-order valence-electron chi connectivity index (χ1n) is 9.49. The molecule has 1 aromatic carbocycles. The van der Waals surface area contributed by atoms with Crippen LogP contribution in [0.4, 0.5) is 0 Å². The van der Waals surface area contributed by atoms with Crippen LogP contribution in [0.25, 0.3) is 16.3 Å². The molecule has 1 aromatic heterocycles. The summed E-state index contributed by atoms with van der Waals surface area (Å²) in [7, 11) is 0. The first kappa shape index (κ1) is 17.9. The Morgan fingerprint density at radius 2 is 2.22 bits per heavy atom. The molecule has 2 unspecified atom stereocenters. The van der Waals surface area contributed by atoms with Gasteiger partial charge in [-0.2, -0.15) is 0 Å². The zero-order valence-electron chi connectivity index (χ0n) is 15.7. The van der Waals surface area contributed by atoms with Crippen molar-refractivity contribution in [3.63, 3.8) is 0 Å². The molecule has 1 aliphatic heterocycles. The smallest absolute Gasteiger partial charge is 0.274 e.